The maximum Gasteiger partial charge on any atom is 0.336 e. The number of H-pyrrole nitrogens is 1. The summed E-state index contributed by atoms with van der Waals surface area (Å²) in [5.74, 6) is -0.933. The van der Waals surface area contributed by atoms with Crippen LogP contribution >= 0.6 is 0 Å². The van der Waals surface area contributed by atoms with Gasteiger partial charge in [-0.1, -0.05) is 0 Å². The molecule has 0 aliphatic carbocycles. The summed E-state index contributed by atoms with van der Waals surface area (Å²) in [5, 5.41) is 10.8. The van der Waals surface area contributed by atoms with Crippen LogP contribution < -0.4 is 0 Å². The number of nitrogens with zero attached hydrogens (tertiary/aromatic N) is 1. The minimum absolute atomic E-state index is 0.280. The van der Waals surface area contributed by atoms with E-state index in [0.717, 1.165) is 10.9 Å². The summed E-state index contributed by atoms with van der Waals surface area (Å²) in [6.07, 6.45) is 3.40. The predicted octanol–water partition coefficient (Wildman–Crippen LogP) is 2.41. The Morgan fingerprint density at radius 1 is 1.31 bits per heavy atom. The topological polar surface area (TPSA) is 66.0 Å². The smallest absolute Gasteiger partial charge is 0.336 e. The van der Waals surface area contributed by atoms with Gasteiger partial charge in [-0.25, -0.2) is 4.79 Å². The zero-order chi connectivity index (χ0) is 11.1. The molecule has 1 aromatic carbocycles. The van der Waals surface area contributed by atoms with E-state index in [2.05, 4.69) is 9.97 Å². The van der Waals surface area contributed by atoms with Gasteiger partial charge in [0.25, 0.3) is 0 Å². The van der Waals surface area contributed by atoms with Gasteiger partial charge in [0.1, 0.15) is 0 Å². The lowest BCUT2D eigenvalue weighted by atomic mass is 10.1. The zero-order valence-electron chi connectivity index (χ0n) is 8.27. The van der Waals surface area contributed by atoms with Gasteiger partial charge in [-0.3, -0.25) is 4.98 Å². The third kappa shape index (κ3) is 1.10. The molecule has 0 fully saturated rings. The molecule has 2 aromatic heterocycles. The quantitative estimate of drug-likeness (QED) is 0.651. The largest absolute Gasteiger partial charge is 0.478 e. The molecule has 0 unspecified atom stereocenters. The van der Waals surface area contributed by atoms with E-state index < -0.39 is 5.97 Å². The second kappa shape index (κ2) is 3.06. The number of fused-ring (bicyclic) bond motifs is 3. The molecule has 4 heteroatoms. The first-order valence-electron chi connectivity index (χ1n) is 4.85. The summed E-state index contributed by atoms with van der Waals surface area (Å²) in [4.78, 5) is 18.3. The van der Waals surface area contributed by atoms with Crippen LogP contribution in [0, 0.1) is 0 Å². The molecule has 16 heavy (non-hydrogen) atoms. The van der Waals surface area contributed by atoms with E-state index in [4.69, 9.17) is 5.11 Å². The first-order chi connectivity index (χ1) is 7.77. The fraction of sp³-hybridized carbons (Fsp3) is 0. The SMILES string of the molecule is O=C(O)c1cc2ncccc2c2[nH]ccc12. The highest BCUT2D eigenvalue weighted by molar-refractivity contribution is 6.13. The van der Waals surface area contributed by atoms with Crippen LogP contribution in [-0.2, 0) is 0 Å². The Labute approximate surface area is 90.5 Å². The number of carboxylic acids is 1. The summed E-state index contributed by atoms with van der Waals surface area (Å²) < 4.78 is 0. The van der Waals surface area contributed by atoms with E-state index >= 15 is 0 Å². The van der Waals surface area contributed by atoms with Gasteiger partial charge in [0, 0.05) is 23.2 Å². The van der Waals surface area contributed by atoms with Crippen molar-refractivity contribution in [2.75, 3.05) is 0 Å². The van der Waals surface area contributed by atoms with Crippen LogP contribution in [-0.4, -0.2) is 21.0 Å². The van der Waals surface area contributed by atoms with Crippen LogP contribution in [0.25, 0.3) is 21.8 Å². The monoisotopic (exact) mass is 212 g/mol. The highest BCUT2D eigenvalue weighted by Crippen LogP contribution is 2.26. The third-order valence-corrected chi connectivity index (χ3v) is 2.66. The Bertz CT molecular complexity index is 700. The molecule has 0 spiro atoms. The van der Waals surface area contributed by atoms with Crippen molar-refractivity contribution in [1.82, 2.24) is 9.97 Å². The zero-order valence-corrected chi connectivity index (χ0v) is 8.27. The molecule has 0 aliphatic heterocycles. The van der Waals surface area contributed by atoms with Gasteiger partial charge in [-0.2, -0.15) is 0 Å². The predicted molar refractivity (Wildman–Crippen MR) is 60.6 cm³/mol. The fourth-order valence-electron chi connectivity index (χ4n) is 1.95. The van der Waals surface area contributed by atoms with Crippen LogP contribution in [0.2, 0.25) is 0 Å². The van der Waals surface area contributed by atoms with E-state index in [1.165, 1.54) is 0 Å². The van der Waals surface area contributed by atoms with Gasteiger partial charge in [0.15, 0.2) is 0 Å². The maximum absolute atomic E-state index is 11.1. The first-order valence-corrected chi connectivity index (χ1v) is 4.85. The second-order valence-electron chi connectivity index (χ2n) is 3.57. The number of hydrogen-bond acceptors (Lipinski definition) is 2. The molecule has 0 amide bonds. The van der Waals surface area contributed by atoms with Gasteiger partial charge in [0.2, 0.25) is 0 Å². The van der Waals surface area contributed by atoms with E-state index in [1.54, 1.807) is 24.5 Å². The Morgan fingerprint density at radius 3 is 3.00 bits per heavy atom. The summed E-state index contributed by atoms with van der Waals surface area (Å²) in [7, 11) is 0. The molecule has 4 nitrogen and oxygen atoms in total. The maximum atomic E-state index is 11.1. The number of aromatic nitrogens is 2. The molecule has 78 valence electrons. The van der Waals surface area contributed by atoms with Crippen LogP contribution in [0.3, 0.4) is 0 Å². The van der Waals surface area contributed by atoms with Crippen LogP contribution in [0.15, 0.2) is 36.7 Å². The molecule has 2 N–H and O–H groups in total. The lowest BCUT2D eigenvalue weighted by Gasteiger charge is -2.02. The number of hydrogen-bond donors (Lipinski definition) is 2. The number of carbonyl (C=O) groups is 1. The van der Waals surface area contributed by atoms with Gasteiger partial charge < -0.3 is 10.1 Å². The lowest BCUT2D eigenvalue weighted by Crippen LogP contribution is -1.97. The molecule has 0 atom stereocenters. The third-order valence-electron chi connectivity index (χ3n) is 2.66. The Morgan fingerprint density at radius 2 is 2.19 bits per heavy atom. The molecule has 3 aromatic rings. The average Bonchev–Trinajstić information content (AvgIpc) is 2.76. The van der Waals surface area contributed by atoms with Crippen molar-refractivity contribution < 1.29 is 9.90 Å². The number of benzene rings is 1. The van der Waals surface area contributed by atoms with Gasteiger partial charge in [-0.05, 0) is 24.3 Å². The number of aromatic amines is 1. The molecule has 0 saturated carbocycles. The highest BCUT2D eigenvalue weighted by atomic mass is 16.4. The van der Waals surface area contributed by atoms with Crippen molar-refractivity contribution in [2.45, 2.75) is 0 Å². The minimum atomic E-state index is -0.933. The van der Waals surface area contributed by atoms with Gasteiger partial charge in [0.05, 0.1) is 16.6 Å². The van der Waals surface area contributed by atoms with Crippen molar-refractivity contribution in [1.29, 1.82) is 0 Å². The van der Waals surface area contributed by atoms with E-state index in [-0.39, 0.29) is 5.56 Å². The van der Waals surface area contributed by atoms with Gasteiger partial charge >= 0.3 is 5.97 Å². The van der Waals surface area contributed by atoms with Crippen LogP contribution in [0.4, 0.5) is 0 Å². The summed E-state index contributed by atoms with van der Waals surface area (Å²) in [6, 6.07) is 7.13. The number of nitrogens with one attached hydrogen (secondary N) is 1. The lowest BCUT2D eigenvalue weighted by molar-refractivity contribution is 0.0699. The highest BCUT2D eigenvalue weighted by Gasteiger charge is 2.12. The van der Waals surface area contributed by atoms with Gasteiger partial charge in [-0.15, -0.1) is 0 Å². The van der Waals surface area contributed by atoms with Crippen molar-refractivity contribution >= 4 is 27.8 Å². The molecule has 0 radical (unpaired) electrons. The number of carboxylic acid groups (broad SMARTS) is 1. The molecule has 0 aliphatic rings. The van der Waals surface area contributed by atoms with Crippen molar-refractivity contribution in [3.63, 3.8) is 0 Å². The van der Waals surface area contributed by atoms with Crippen molar-refractivity contribution in [2.24, 2.45) is 0 Å². The first kappa shape index (κ1) is 8.91. The molecule has 0 bridgehead atoms. The van der Waals surface area contributed by atoms with E-state index in [1.807, 2.05) is 12.1 Å². The van der Waals surface area contributed by atoms with Crippen molar-refractivity contribution in [3.8, 4) is 0 Å². The molecule has 2 heterocycles. The number of aromatic carboxylic acids is 1. The van der Waals surface area contributed by atoms with Crippen LogP contribution in [0.1, 0.15) is 10.4 Å². The van der Waals surface area contributed by atoms with E-state index in [0.29, 0.717) is 10.9 Å². The average molecular weight is 212 g/mol. The fourth-order valence-corrected chi connectivity index (χ4v) is 1.95. The number of rotatable bonds is 1. The Balaban J connectivity index is 2.58. The van der Waals surface area contributed by atoms with E-state index in [9.17, 15) is 4.79 Å². The summed E-state index contributed by atoms with van der Waals surface area (Å²) in [5.41, 5.74) is 1.79. The molecule has 3 rings (SSSR count). The van der Waals surface area contributed by atoms with Crippen LogP contribution in [0.5, 0.6) is 0 Å². The molecule has 0 saturated heterocycles. The minimum Gasteiger partial charge on any atom is -0.478 e. The normalized spacial score (nSPS) is 11.0. The molecular formula is C12H8N2O2. The van der Waals surface area contributed by atoms with Crippen molar-refractivity contribution in [3.05, 3.63) is 42.2 Å². The summed E-state index contributed by atoms with van der Waals surface area (Å²) in [6.45, 7) is 0. The standard InChI is InChI=1S/C12H8N2O2/c15-12(16)9-6-10-8(2-1-4-13-10)11-7(9)3-5-14-11/h1-6,14H,(H,15,16). The Hall–Kier alpha value is -2.36. The molecular weight excluding hydrogens is 204 g/mol. The second-order valence-corrected chi connectivity index (χ2v) is 3.57. The summed E-state index contributed by atoms with van der Waals surface area (Å²) >= 11 is 0. The Kier molecular flexibility index (Phi) is 1.71. The number of pyridine rings is 1.